The van der Waals surface area contributed by atoms with Gasteiger partial charge in [0.05, 0.1) is 5.69 Å². The van der Waals surface area contributed by atoms with Gasteiger partial charge in [0, 0.05) is 38.9 Å². The number of nitrogens with one attached hydrogen (secondary N) is 1. The lowest BCUT2D eigenvalue weighted by Crippen LogP contribution is -2.45. The molecule has 0 aromatic carbocycles. The second kappa shape index (κ2) is 7.58. The van der Waals surface area contributed by atoms with Crippen LogP contribution >= 0.6 is 0 Å². The standard InChI is InChI=1S/C15H26N4/c1-14-4-5-15(17-12-14)13-16-6-3-7-19-10-8-18(2)9-11-19/h4-5,12,16H,3,6-11,13H2,1-2H3. The van der Waals surface area contributed by atoms with E-state index < -0.39 is 0 Å². The van der Waals surface area contributed by atoms with Crippen molar-refractivity contribution in [3.63, 3.8) is 0 Å². The van der Waals surface area contributed by atoms with Crippen molar-refractivity contribution in [1.82, 2.24) is 20.1 Å². The Morgan fingerprint density at radius 2 is 2.00 bits per heavy atom. The van der Waals surface area contributed by atoms with E-state index in [4.69, 9.17) is 0 Å². The lowest BCUT2D eigenvalue weighted by molar-refractivity contribution is 0.152. The highest BCUT2D eigenvalue weighted by Gasteiger charge is 2.12. The zero-order valence-electron chi connectivity index (χ0n) is 12.2. The van der Waals surface area contributed by atoms with Crippen LogP contribution in [0.2, 0.25) is 0 Å². The van der Waals surface area contributed by atoms with Crippen LogP contribution in [0.15, 0.2) is 18.3 Å². The van der Waals surface area contributed by atoms with E-state index >= 15 is 0 Å². The van der Waals surface area contributed by atoms with Crippen molar-refractivity contribution in [3.8, 4) is 0 Å². The Bertz CT molecular complexity index is 355. The Morgan fingerprint density at radius 3 is 2.68 bits per heavy atom. The summed E-state index contributed by atoms with van der Waals surface area (Å²) in [6, 6.07) is 4.22. The van der Waals surface area contributed by atoms with Gasteiger partial charge < -0.3 is 15.1 Å². The average molecular weight is 262 g/mol. The monoisotopic (exact) mass is 262 g/mol. The van der Waals surface area contributed by atoms with Gasteiger partial charge in [-0.15, -0.1) is 0 Å². The van der Waals surface area contributed by atoms with E-state index in [0.717, 1.165) is 18.8 Å². The van der Waals surface area contributed by atoms with E-state index in [2.05, 4.69) is 46.2 Å². The lowest BCUT2D eigenvalue weighted by atomic mass is 10.2. The topological polar surface area (TPSA) is 31.4 Å². The number of nitrogens with zero attached hydrogens (tertiary/aromatic N) is 3. The lowest BCUT2D eigenvalue weighted by Gasteiger charge is -2.32. The Morgan fingerprint density at radius 1 is 1.21 bits per heavy atom. The molecule has 1 aromatic heterocycles. The number of aryl methyl sites for hydroxylation is 1. The normalized spacial score (nSPS) is 17.8. The van der Waals surface area contributed by atoms with Crippen molar-refractivity contribution in [2.75, 3.05) is 46.3 Å². The van der Waals surface area contributed by atoms with Gasteiger partial charge in [-0.05, 0) is 45.1 Å². The molecule has 1 fully saturated rings. The molecular weight excluding hydrogens is 236 g/mol. The van der Waals surface area contributed by atoms with Gasteiger partial charge in [-0.1, -0.05) is 6.07 Å². The molecule has 106 valence electrons. The first kappa shape index (κ1) is 14.4. The van der Waals surface area contributed by atoms with Gasteiger partial charge >= 0.3 is 0 Å². The number of piperazine rings is 1. The van der Waals surface area contributed by atoms with Crippen LogP contribution in [0, 0.1) is 6.92 Å². The Labute approximate surface area is 116 Å². The maximum Gasteiger partial charge on any atom is 0.0541 e. The summed E-state index contributed by atoms with van der Waals surface area (Å²) in [5.41, 5.74) is 2.35. The molecule has 0 spiro atoms. The van der Waals surface area contributed by atoms with Crippen LogP contribution in [0.25, 0.3) is 0 Å². The molecule has 1 aliphatic heterocycles. The van der Waals surface area contributed by atoms with Gasteiger partial charge in [-0.3, -0.25) is 4.98 Å². The molecule has 0 bridgehead atoms. The number of likely N-dealkylation sites (N-methyl/N-ethyl adjacent to an activating group) is 1. The van der Waals surface area contributed by atoms with Crippen LogP contribution in [0.3, 0.4) is 0 Å². The molecule has 2 rings (SSSR count). The molecule has 4 nitrogen and oxygen atoms in total. The first-order valence-corrected chi connectivity index (χ1v) is 7.27. The summed E-state index contributed by atoms with van der Waals surface area (Å²) in [7, 11) is 2.20. The molecule has 1 aliphatic rings. The second-order valence-electron chi connectivity index (χ2n) is 5.50. The molecule has 19 heavy (non-hydrogen) atoms. The highest BCUT2D eigenvalue weighted by molar-refractivity contribution is 5.11. The smallest absolute Gasteiger partial charge is 0.0541 e. The summed E-state index contributed by atoms with van der Waals surface area (Å²) in [6.07, 6.45) is 3.15. The minimum absolute atomic E-state index is 0.878. The Balaban J connectivity index is 1.53. The van der Waals surface area contributed by atoms with Gasteiger partial charge in [0.2, 0.25) is 0 Å². The molecule has 1 aromatic rings. The van der Waals surface area contributed by atoms with Crippen LogP contribution in [0.4, 0.5) is 0 Å². The van der Waals surface area contributed by atoms with Crippen molar-refractivity contribution in [1.29, 1.82) is 0 Å². The van der Waals surface area contributed by atoms with Crippen molar-refractivity contribution in [2.45, 2.75) is 19.9 Å². The minimum atomic E-state index is 0.878. The number of hydrogen-bond acceptors (Lipinski definition) is 4. The van der Waals surface area contributed by atoms with Gasteiger partial charge in [-0.2, -0.15) is 0 Å². The minimum Gasteiger partial charge on any atom is -0.311 e. The number of rotatable bonds is 6. The van der Waals surface area contributed by atoms with E-state index in [-0.39, 0.29) is 0 Å². The first-order chi connectivity index (χ1) is 9.24. The van der Waals surface area contributed by atoms with Gasteiger partial charge in [0.15, 0.2) is 0 Å². The summed E-state index contributed by atoms with van der Waals surface area (Å²) >= 11 is 0. The molecule has 0 aliphatic carbocycles. The van der Waals surface area contributed by atoms with Crippen LogP contribution in [-0.4, -0.2) is 61.1 Å². The predicted molar refractivity (Wildman–Crippen MR) is 79.2 cm³/mol. The van der Waals surface area contributed by atoms with Crippen LogP contribution < -0.4 is 5.32 Å². The molecule has 0 atom stereocenters. The molecule has 0 radical (unpaired) electrons. The highest BCUT2D eigenvalue weighted by atomic mass is 15.2. The van der Waals surface area contributed by atoms with Crippen LogP contribution in [-0.2, 0) is 6.54 Å². The van der Waals surface area contributed by atoms with Crippen LogP contribution in [0.1, 0.15) is 17.7 Å². The highest BCUT2D eigenvalue weighted by Crippen LogP contribution is 2.00. The molecule has 2 heterocycles. The van der Waals surface area contributed by atoms with E-state index in [9.17, 15) is 0 Å². The van der Waals surface area contributed by atoms with Crippen molar-refractivity contribution >= 4 is 0 Å². The fourth-order valence-electron chi connectivity index (χ4n) is 2.32. The molecule has 4 heteroatoms. The Hall–Kier alpha value is -0.970. The van der Waals surface area contributed by atoms with E-state index in [1.165, 1.54) is 44.7 Å². The fourth-order valence-corrected chi connectivity index (χ4v) is 2.32. The molecule has 1 saturated heterocycles. The first-order valence-electron chi connectivity index (χ1n) is 7.27. The summed E-state index contributed by atoms with van der Waals surface area (Å²) in [5.74, 6) is 0. The average Bonchev–Trinajstić information content (AvgIpc) is 2.43. The van der Waals surface area contributed by atoms with Gasteiger partial charge in [-0.25, -0.2) is 0 Å². The number of hydrogen-bond donors (Lipinski definition) is 1. The summed E-state index contributed by atoms with van der Waals surface area (Å²) in [4.78, 5) is 9.36. The quantitative estimate of drug-likeness (QED) is 0.779. The Kier molecular flexibility index (Phi) is 5.76. The molecule has 0 amide bonds. The van der Waals surface area contributed by atoms with E-state index in [0.29, 0.717) is 0 Å². The number of aromatic nitrogens is 1. The van der Waals surface area contributed by atoms with E-state index in [1.807, 2.05) is 6.20 Å². The third kappa shape index (κ3) is 5.27. The molecular formula is C15H26N4. The van der Waals surface area contributed by atoms with Gasteiger partial charge in [0.1, 0.15) is 0 Å². The van der Waals surface area contributed by atoms with E-state index in [1.54, 1.807) is 0 Å². The zero-order valence-corrected chi connectivity index (χ0v) is 12.2. The largest absolute Gasteiger partial charge is 0.311 e. The fraction of sp³-hybridized carbons (Fsp3) is 0.667. The second-order valence-corrected chi connectivity index (χ2v) is 5.50. The van der Waals surface area contributed by atoms with Gasteiger partial charge in [0.25, 0.3) is 0 Å². The third-order valence-electron chi connectivity index (χ3n) is 3.70. The van der Waals surface area contributed by atoms with Crippen LogP contribution in [0.5, 0.6) is 0 Å². The third-order valence-corrected chi connectivity index (χ3v) is 3.70. The maximum atomic E-state index is 4.40. The SMILES string of the molecule is Cc1ccc(CNCCCN2CCN(C)CC2)nc1. The van der Waals surface area contributed by atoms with Crippen molar-refractivity contribution in [2.24, 2.45) is 0 Å². The summed E-state index contributed by atoms with van der Waals surface area (Å²) < 4.78 is 0. The molecule has 0 unspecified atom stereocenters. The van der Waals surface area contributed by atoms with Crippen molar-refractivity contribution < 1.29 is 0 Å². The summed E-state index contributed by atoms with van der Waals surface area (Å²) in [6.45, 7) is 10.1. The summed E-state index contributed by atoms with van der Waals surface area (Å²) in [5, 5.41) is 3.47. The number of pyridine rings is 1. The predicted octanol–water partition coefficient (Wildman–Crippen LogP) is 1.12. The maximum absolute atomic E-state index is 4.40. The molecule has 0 saturated carbocycles. The zero-order chi connectivity index (χ0) is 13.5. The van der Waals surface area contributed by atoms with Crippen molar-refractivity contribution in [3.05, 3.63) is 29.6 Å². The molecule has 1 N–H and O–H groups in total.